The van der Waals surface area contributed by atoms with Crippen molar-refractivity contribution in [2.24, 2.45) is 0 Å². The van der Waals surface area contributed by atoms with Crippen LogP contribution in [0.5, 0.6) is 0 Å². The van der Waals surface area contributed by atoms with Gasteiger partial charge in [-0.05, 0) is 6.07 Å². The van der Waals surface area contributed by atoms with Crippen LogP contribution in [0.3, 0.4) is 0 Å². The zero-order valence-electron chi connectivity index (χ0n) is 13.4. The van der Waals surface area contributed by atoms with E-state index in [1.807, 2.05) is 22.7 Å². The third-order valence-corrected chi connectivity index (χ3v) is 3.34. The van der Waals surface area contributed by atoms with Gasteiger partial charge in [0, 0.05) is 38.5 Å². The van der Waals surface area contributed by atoms with Crippen LogP contribution in [-0.4, -0.2) is 53.1 Å². The summed E-state index contributed by atoms with van der Waals surface area (Å²) in [6.07, 6.45) is 3.01. The van der Waals surface area contributed by atoms with E-state index in [0.717, 1.165) is 17.0 Å². The second-order valence-electron chi connectivity index (χ2n) is 6.35. The van der Waals surface area contributed by atoms with Crippen LogP contribution in [-0.2, 0) is 10.2 Å². The highest BCUT2D eigenvalue weighted by molar-refractivity contribution is 5.69. The van der Waals surface area contributed by atoms with Gasteiger partial charge >= 0.3 is 0 Å². The summed E-state index contributed by atoms with van der Waals surface area (Å²) in [5.41, 5.74) is 1.94. The van der Waals surface area contributed by atoms with Gasteiger partial charge in [0.1, 0.15) is 5.52 Å². The number of rotatable bonds is 5. The Hall–Kier alpha value is -1.66. The molecule has 116 valence electrons. The molecule has 1 atom stereocenters. The minimum absolute atomic E-state index is 0.0164. The molecule has 1 N–H and O–H groups in total. The van der Waals surface area contributed by atoms with Gasteiger partial charge < -0.3 is 14.7 Å². The predicted molar refractivity (Wildman–Crippen MR) is 82.8 cm³/mol. The summed E-state index contributed by atoms with van der Waals surface area (Å²) < 4.78 is 6.80. The first kappa shape index (κ1) is 15.7. The summed E-state index contributed by atoms with van der Waals surface area (Å²) in [6.45, 7) is 7.16. The van der Waals surface area contributed by atoms with E-state index in [1.165, 1.54) is 0 Å². The van der Waals surface area contributed by atoms with Crippen molar-refractivity contribution in [1.29, 1.82) is 0 Å². The largest absolute Gasteiger partial charge is 0.389 e. The molecule has 2 aromatic heterocycles. The summed E-state index contributed by atoms with van der Waals surface area (Å²) in [5.74, 6) is 0.802. The van der Waals surface area contributed by atoms with Crippen LogP contribution in [0.2, 0.25) is 0 Å². The fourth-order valence-electron chi connectivity index (χ4n) is 2.22. The van der Waals surface area contributed by atoms with E-state index in [9.17, 15) is 5.11 Å². The number of likely N-dealkylation sites (N-methyl/N-ethyl adjacent to an activating group) is 1. The number of aliphatic hydroxyl groups is 1. The van der Waals surface area contributed by atoms with Crippen LogP contribution in [0, 0.1) is 0 Å². The van der Waals surface area contributed by atoms with E-state index in [4.69, 9.17) is 4.74 Å². The highest BCUT2D eigenvalue weighted by atomic mass is 16.5. The minimum Gasteiger partial charge on any atom is -0.389 e. The van der Waals surface area contributed by atoms with Crippen molar-refractivity contribution in [3.8, 4) is 0 Å². The first-order valence-corrected chi connectivity index (χ1v) is 7.06. The molecule has 1 unspecified atom stereocenters. The van der Waals surface area contributed by atoms with E-state index >= 15 is 0 Å². The van der Waals surface area contributed by atoms with E-state index in [0.29, 0.717) is 13.2 Å². The summed E-state index contributed by atoms with van der Waals surface area (Å²) in [7, 11) is 3.49. The van der Waals surface area contributed by atoms with Gasteiger partial charge in [0.25, 0.3) is 0 Å². The van der Waals surface area contributed by atoms with Crippen LogP contribution >= 0.6 is 0 Å². The number of ether oxygens (including phenoxy) is 1. The molecule has 0 aliphatic carbocycles. The Morgan fingerprint density at radius 2 is 2.14 bits per heavy atom. The van der Waals surface area contributed by atoms with Gasteiger partial charge in [0.05, 0.1) is 18.4 Å². The van der Waals surface area contributed by atoms with Gasteiger partial charge in [-0.1, -0.05) is 20.8 Å². The Labute approximate surface area is 125 Å². The molecule has 0 aromatic carbocycles. The van der Waals surface area contributed by atoms with Gasteiger partial charge in [0.2, 0.25) is 0 Å². The molecular formula is C15H24N4O2. The zero-order chi connectivity index (χ0) is 15.6. The lowest BCUT2D eigenvalue weighted by atomic mass is 9.92. The number of aromatic nitrogens is 3. The number of nitrogens with zero attached hydrogens (tertiary/aromatic N) is 4. The van der Waals surface area contributed by atoms with E-state index in [2.05, 4.69) is 36.9 Å². The highest BCUT2D eigenvalue weighted by Gasteiger charge is 2.20. The summed E-state index contributed by atoms with van der Waals surface area (Å²) in [5, 5.41) is 14.5. The molecule has 0 saturated heterocycles. The first-order chi connectivity index (χ1) is 9.82. The molecule has 21 heavy (non-hydrogen) atoms. The maximum absolute atomic E-state index is 9.87. The number of methoxy groups -OCH3 is 1. The molecule has 0 saturated carbocycles. The molecule has 6 heteroatoms. The summed E-state index contributed by atoms with van der Waals surface area (Å²) in [4.78, 5) is 6.35. The molecule has 6 nitrogen and oxygen atoms in total. The highest BCUT2D eigenvalue weighted by Crippen LogP contribution is 2.25. The molecule has 0 spiro atoms. The average molecular weight is 292 g/mol. The first-order valence-electron chi connectivity index (χ1n) is 7.06. The van der Waals surface area contributed by atoms with Crippen molar-refractivity contribution in [2.45, 2.75) is 32.3 Å². The maximum atomic E-state index is 9.87. The number of fused-ring (bicyclic) bond motifs is 1. The average Bonchev–Trinajstić information content (AvgIpc) is 2.82. The zero-order valence-corrected chi connectivity index (χ0v) is 13.4. The summed E-state index contributed by atoms with van der Waals surface area (Å²) >= 11 is 0. The lowest BCUT2D eigenvalue weighted by Crippen LogP contribution is -2.32. The van der Waals surface area contributed by atoms with Crippen molar-refractivity contribution in [3.63, 3.8) is 0 Å². The Balaban J connectivity index is 2.33. The standard InChI is InChI=1S/C15H24N4O2/c1-15(2,3)13-8-12-14(16-6-7-19(12)17-13)18(4)9-11(20)10-21-5/h6-8,11,20H,9-10H2,1-5H3. The van der Waals surface area contributed by atoms with Crippen molar-refractivity contribution in [1.82, 2.24) is 14.6 Å². The Morgan fingerprint density at radius 1 is 1.43 bits per heavy atom. The van der Waals surface area contributed by atoms with Crippen molar-refractivity contribution < 1.29 is 9.84 Å². The molecule has 2 aromatic rings. The monoisotopic (exact) mass is 292 g/mol. The van der Waals surface area contributed by atoms with Gasteiger partial charge in [-0.3, -0.25) is 0 Å². The molecule has 2 rings (SSSR count). The summed E-state index contributed by atoms with van der Waals surface area (Å²) in [6, 6.07) is 2.06. The Morgan fingerprint density at radius 3 is 2.76 bits per heavy atom. The number of hydrogen-bond acceptors (Lipinski definition) is 5. The van der Waals surface area contributed by atoms with E-state index in [1.54, 1.807) is 13.3 Å². The Bertz CT molecular complexity index is 603. The van der Waals surface area contributed by atoms with Crippen molar-refractivity contribution in [2.75, 3.05) is 32.2 Å². The normalized spacial score (nSPS) is 13.6. The van der Waals surface area contributed by atoms with E-state index < -0.39 is 6.10 Å². The smallest absolute Gasteiger partial charge is 0.154 e. The topological polar surface area (TPSA) is 62.9 Å². The van der Waals surface area contributed by atoms with Crippen LogP contribution in [0.15, 0.2) is 18.5 Å². The minimum atomic E-state index is -0.549. The van der Waals surface area contributed by atoms with Crippen molar-refractivity contribution in [3.05, 3.63) is 24.2 Å². The lowest BCUT2D eigenvalue weighted by molar-refractivity contribution is 0.0694. The second-order valence-corrected chi connectivity index (χ2v) is 6.35. The fourth-order valence-corrected chi connectivity index (χ4v) is 2.22. The predicted octanol–water partition coefficient (Wildman–Crippen LogP) is 1.47. The molecule has 0 aliphatic rings. The maximum Gasteiger partial charge on any atom is 0.154 e. The molecule has 0 fully saturated rings. The number of anilines is 1. The van der Waals surface area contributed by atoms with Gasteiger partial charge in [-0.25, -0.2) is 9.50 Å². The third-order valence-electron chi connectivity index (χ3n) is 3.34. The SMILES string of the molecule is COCC(O)CN(C)c1nccn2nc(C(C)(C)C)cc12. The fraction of sp³-hybridized carbons (Fsp3) is 0.600. The number of aliphatic hydroxyl groups excluding tert-OH is 1. The van der Waals surface area contributed by atoms with Crippen LogP contribution in [0.1, 0.15) is 26.5 Å². The quantitative estimate of drug-likeness (QED) is 0.904. The van der Waals surface area contributed by atoms with Crippen LogP contribution in [0.4, 0.5) is 5.82 Å². The van der Waals surface area contributed by atoms with Gasteiger partial charge in [-0.2, -0.15) is 5.10 Å². The molecular weight excluding hydrogens is 268 g/mol. The third kappa shape index (κ3) is 3.51. The van der Waals surface area contributed by atoms with Gasteiger partial charge in [0.15, 0.2) is 5.82 Å². The number of hydrogen-bond donors (Lipinski definition) is 1. The molecule has 0 bridgehead atoms. The van der Waals surface area contributed by atoms with Crippen molar-refractivity contribution >= 4 is 11.3 Å². The Kier molecular flexibility index (Phi) is 4.49. The second kappa shape index (κ2) is 5.99. The van der Waals surface area contributed by atoms with Gasteiger partial charge in [-0.15, -0.1) is 0 Å². The molecule has 2 heterocycles. The molecule has 0 amide bonds. The molecule has 0 radical (unpaired) electrons. The van der Waals surface area contributed by atoms with E-state index in [-0.39, 0.29) is 5.41 Å². The van der Waals surface area contributed by atoms with Crippen LogP contribution < -0.4 is 4.90 Å². The lowest BCUT2D eigenvalue weighted by Gasteiger charge is -2.21. The molecule has 0 aliphatic heterocycles. The van der Waals surface area contributed by atoms with Crippen LogP contribution in [0.25, 0.3) is 5.52 Å².